The van der Waals surface area contributed by atoms with Gasteiger partial charge in [-0.05, 0) is 38.1 Å². The van der Waals surface area contributed by atoms with E-state index in [4.69, 9.17) is 23.1 Å². The molecule has 10 heteroatoms. The van der Waals surface area contributed by atoms with Crippen molar-refractivity contribution in [1.82, 2.24) is 19.5 Å². The van der Waals surface area contributed by atoms with Crippen molar-refractivity contribution >= 4 is 45.8 Å². The maximum Gasteiger partial charge on any atom is 0.267 e. The van der Waals surface area contributed by atoms with E-state index in [1.54, 1.807) is 43.4 Å². The van der Waals surface area contributed by atoms with E-state index < -0.39 is 23.2 Å². The highest BCUT2D eigenvalue weighted by molar-refractivity contribution is 6.35. The van der Waals surface area contributed by atoms with Crippen molar-refractivity contribution in [2.24, 2.45) is 0 Å². The second kappa shape index (κ2) is 8.97. The number of nitrogen functional groups attached to an aromatic ring is 2. The first kappa shape index (κ1) is 22.0. The lowest BCUT2D eigenvalue weighted by Gasteiger charge is -2.21. The Bertz CT molecular complexity index is 1280. The molecule has 0 amide bonds. The number of halogens is 2. The number of aromatic nitrogens is 4. The van der Waals surface area contributed by atoms with E-state index in [1.807, 2.05) is 6.92 Å². The summed E-state index contributed by atoms with van der Waals surface area (Å²) >= 11 is 6.28. The van der Waals surface area contributed by atoms with Crippen molar-refractivity contribution in [3.05, 3.63) is 76.1 Å². The average molecular weight is 442 g/mol. The molecule has 0 saturated carbocycles. The molecule has 31 heavy (non-hydrogen) atoms. The third-order valence-electron chi connectivity index (χ3n) is 4.43. The summed E-state index contributed by atoms with van der Waals surface area (Å²) in [6.45, 7) is 7.33. The van der Waals surface area contributed by atoms with Gasteiger partial charge in [-0.2, -0.15) is 14.4 Å². The first-order chi connectivity index (χ1) is 14.8. The molecule has 0 aliphatic rings. The summed E-state index contributed by atoms with van der Waals surface area (Å²) in [6, 6.07) is 4.30. The smallest absolute Gasteiger partial charge is 0.267 e. The maximum absolute atomic E-state index is 14.4. The van der Waals surface area contributed by atoms with Gasteiger partial charge in [0, 0.05) is 5.70 Å². The molecule has 8 nitrogen and oxygen atoms in total. The van der Waals surface area contributed by atoms with Gasteiger partial charge in [-0.3, -0.25) is 9.36 Å². The van der Waals surface area contributed by atoms with E-state index >= 15 is 0 Å². The van der Waals surface area contributed by atoms with Crippen molar-refractivity contribution in [1.29, 1.82) is 0 Å². The minimum Gasteiger partial charge on any atom is -0.381 e. The highest BCUT2D eigenvalue weighted by Crippen LogP contribution is 2.26. The number of rotatable bonds is 6. The van der Waals surface area contributed by atoms with Gasteiger partial charge >= 0.3 is 0 Å². The lowest BCUT2D eigenvalue weighted by molar-refractivity contribution is 0.617. The molecule has 3 aromatic rings. The first-order valence-corrected chi connectivity index (χ1v) is 9.68. The molecule has 0 saturated heterocycles. The number of anilines is 3. The van der Waals surface area contributed by atoms with Gasteiger partial charge in [0.05, 0.1) is 22.0 Å². The number of allylic oxidation sites excluding steroid dienone is 5. The van der Waals surface area contributed by atoms with Crippen LogP contribution in [-0.2, 0) is 0 Å². The van der Waals surface area contributed by atoms with E-state index in [0.717, 1.165) is 0 Å². The summed E-state index contributed by atoms with van der Waals surface area (Å²) in [6.07, 6.45) is 6.78. The quantitative estimate of drug-likeness (QED) is 0.495. The van der Waals surface area contributed by atoms with Crippen LogP contribution in [0.3, 0.4) is 0 Å². The SMILES string of the molecule is C=C/C(=C\C=C/C)n1c(C(C)Nc2nc(N)nc(N)c2F)nc2cccc(Cl)c2c1=O. The molecule has 5 N–H and O–H groups in total. The third-order valence-corrected chi connectivity index (χ3v) is 4.75. The number of nitrogens with one attached hydrogen (secondary N) is 1. The molecule has 0 aliphatic carbocycles. The van der Waals surface area contributed by atoms with E-state index in [1.165, 1.54) is 10.6 Å². The molecule has 160 valence electrons. The molecule has 2 heterocycles. The van der Waals surface area contributed by atoms with Gasteiger partial charge in [0.25, 0.3) is 5.56 Å². The Morgan fingerprint density at radius 1 is 1.32 bits per heavy atom. The third kappa shape index (κ3) is 4.26. The van der Waals surface area contributed by atoms with Crippen LogP contribution in [-0.4, -0.2) is 19.5 Å². The van der Waals surface area contributed by atoms with E-state index in [-0.39, 0.29) is 28.0 Å². The van der Waals surface area contributed by atoms with Gasteiger partial charge in [0.2, 0.25) is 11.8 Å². The maximum atomic E-state index is 14.4. The van der Waals surface area contributed by atoms with Gasteiger partial charge in [0.15, 0.2) is 11.6 Å². The van der Waals surface area contributed by atoms with Crippen LogP contribution in [0.4, 0.5) is 22.0 Å². The summed E-state index contributed by atoms with van der Waals surface area (Å²) in [5, 5.41) is 3.40. The van der Waals surface area contributed by atoms with E-state index in [0.29, 0.717) is 11.2 Å². The zero-order valence-electron chi connectivity index (χ0n) is 16.9. The molecule has 3 rings (SSSR count). The van der Waals surface area contributed by atoms with Crippen LogP contribution in [0.25, 0.3) is 16.6 Å². The van der Waals surface area contributed by atoms with Gasteiger partial charge in [0.1, 0.15) is 5.82 Å². The average Bonchev–Trinajstić information content (AvgIpc) is 2.73. The van der Waals surface area contributed by atoms with Crippen molar-refractivity contribution in [2.75, 3.05) is 16.8 Å². The Labute approximate surface area is 182 Å². The molecule has 0 aliphatic heterocycles. The van der Waals surface area contributed by atoms with Crippen LogP contribution in [0.1, 0.15) is 25.7 Å². The van der Waals surface area contributed by atoms with Crippen molar-refractivity contribution in [3.8, 4) is 0 Å². The summed E-state index contributed by atoms with van der Waals surface area (Å²) in [5.74, 6) is -1.36. The standard InChI is InChI=1S/C21H21ClFN7O/c1-4-6-8-12(5-2)30-19(27-14-10-7-9-13(22)15(14)20(30)31)11(3)26-18-16(23)17(24)28-21(25)29-18/h4-11H,2H2,1,3H3,(H5,24,25,26,28,29)/b6-4-,12-8+. The predicted molar refractivity (Wildman–Crippen MR) is 123 cm³/mol. The van der Waals surface area contributed by atoms with Crippen molar-refractivity contribution in [2.45, 2.75) is 19.9 Å². The van der Waals surface area contributed by atoms with Crippen molar-refractivity contribution in [3.63, 3.8) is 0 Å². The van der Waals surface area contributed by atoms with E-state index in [9.17, 15) is 9.18 Å². The minimum absolute atomic E-state index is 0.191. The predicted octanol–water partition coefficient (Wildman–Crippen LogP) is 3.92. The number of nitrogens with zero attached hydrogens (tertiary/aromatic N) is 4. The highest BCUT2D eigenvalue weighted by Gasteiger charge is 2.22. The molecule has 0 spiro atoms. The lowest BCUT2D eigenvalue weighted by Crippen LogP contribution is -2.28. The van der Waals surface area contributed by atoms with Gasteiger partial charge in [-0.15, -0.1) is 0 Å². The Kier molecular flexibility index (Phi) is 6.36. The fourth-order valence-corrected chi connectivity index (χ4v) is 3.27. The Hall–Kier alpha value is -3.72. The highest BCUT2D eigenvalue weighted by atomic mass is 35.5. The number of hydrogen-bond acceptors (Lipinski definition) is 7. The first-order valence-electron chi connectivity index (χ1n) is 9.30. The Morgan fingerprint density at radius 3 is 2.74 bits per heavy atom. The zero-order chi connectivity index (χ0) is 22.7. The zero-order valence-corrected chi connectivity index (χ0v) is 17.7. The molecule has 1 unspecified atom stereocenters. The molecule has 0 bridgehead atoms. The Morgan fingerprint density at radius 2 is 2.06 bits per heavy atom. The van der Waals surface area contributed by atoms with Crippen LogP contribution in [0.15, 0.2) is 53.9 Å². The fourth-order valence-electron chi connectivity index (χ4n) is 3.02. The van der Waals surface area contributed by atoms with E-state index in [2.05, 4.69) is 26.8 Å². The van der Waals surface area contributed by atoms with Gasteiger partial charge in [-0.1, -0.05) is 36.4 Å². The van der Waals surface area contributed by atoms with Gasteiger partial charge < -0.3 is 16.8 Å². The summed E-state index contributed by atoms with van der Waals surface area (Å²) in [5.41, 5.74) is 11.6. The number of benzene rings is 1. The van der Waals surface area contributed by atoms with Crippen LogP contribution in [0.5, 0.6) is 0 Å². The molecule has 1 atom stereocenters. The Balaban J connectivity index is 2.26. The number of fused-ring (bicyclic) bond motifs is 1. The molecule has 0 radical (unpaired) electrons. The van der Waals surface area contributed by atoms with Crippen LogP contribution in [0.2, 0.25) is 5.02 Å². The molecular weight excluding hydrogens is 421 g/mol. The molecule has 2 aromatic heterocycles. The molecule has 1 aromatic carbocycles. The summed E-state index contributed by atoms with van der Waals surface area (Å²) < 4.78 is 15.8. The normalized spacial score (nSPS) is 13.0. The largest absolute Gasteiger partial charge is 0.381 e. The fraction of sp³-hybridized carbons (Fsp3) is 0.143. The lowest BCUT2D eigenvalue weighted by atomic mass is 10.2. The summed E-state index contributed by atoms with van der Waals surface area (Å²) in [4.78, 5) is 25.5. The minimum atomic E-state index is -0.854. The molecule has 0 fully saturated rings. The molecular formula is C21H21ClFN7O. The monoisotopic (exact) mass is 441 g/mol. The van der Waals surface area contributed by atoms with Crippen LogP contribution >= 0.6 is 11.6 Å². The second-order valence-corrected chi connectivity index (χ2v) is 6.97. The number of hydrogen-bond donors (Lipinski definition) is 3. The van der Waals surface area contributed by atoms with Crippen LogP contribution < -0.4 is 22.3 Å². The number of nitrogens with two attached hydrogens (primary N) is 2. The second-order valence-electron chi connectivity index (χ2n) is 6.56. The summed E-state index contributed by atoms with van der Waals surface area (Å²) in [7, 11) is 0. The van der Waals surface area contributed by atoms with Crippen molar-refractivity contribution < 1.29 is 4.39 Å². The van der Waals surface area contributed by atoms with Crippen LogP contribution in [0, 0.1) is 5.82 Å². The topological polar surface area (TPSA) is 125 Å². The van der Waals surface area contributed by atoms with Gasteiger partial charge in [-0.25, -0.2) is 4.98 Å².